The molecule has 1 aliphatic rings. The van der Waals surface area contributed by atoms with E-state index in [1.807, 2.05) is 0 Å². The molecule has 2 aromatic carbocycles. The zero-order chi connectivity index (χ0) is 20.1. The van der Waals surface area contributed by atoms with Crippen molar-refractivity contribution in [1.29, 1.82) is 0 Å². The van der Waals surface area contributed by atoms with Gasteiger partial charge in [0.2, 0.25) is 0 Å². The highest BCUT2D eigenvalue weighted by molar-refractivity contribution is 6.14. The van der Waals surface area contributed by atoms with E-state index in [4.69, 9.17) is 4.74 Å². The number of benzene rings is 2. The summed E-state index contributed by atoms with van der Waals surface area (Å²) >= 11 is 0. The summed E-state index contributed by atoms with van der Waals surface area (Å²) in [4.78, 5) is 35.7. The Labute approximate surface area is 161 Å². The number of hydrogen-bond acceptors (Lipinski definition) is 5. The molecule has 1 fully saturated rings. The molecule has 1 N–H and O–H groups in total. The first kappa shape index (κ1) is 18.9. The van der Waals surface area contributed by atoms with Gasteiger partial charge in [-0.15, -0.1) is 6.58 Å². The molecule has 0 atom stereocenters. The summed E-state index contributed by atoms with van der Waals surface area (Å²) in [5.74, 6) is -1.01. The summed E-state index contributed by atoms with van der Waals surface area (Å²) in [6, 6.07) is 12.8. The first-order valence-corrected chi connectivity index (χ1v) is 8.46. The first-order chi connectivity index (χ1) is 13.5. The number of aromatic carboxylic acids is 1. The van der Waals surface area contributed by atoms with Crippen molar-refractivity contribution in [3.63, 3.8) is 0 Å². The van der Waals surface area contributed by atoms with E-state index in [1.54, 1.807) is 42.5 Å². The fourth-order valence-corrected chi connectivity index (χ4v) is 2.60. The number of imide groups is 1. The van der Waals surface area contributed by atoms with Crippen LogP contribution < -0.4 is 15.2 Å². The summed E-state index contributed by atoms with van der Waals surface area (Å²) in [5.41, 5.74) is 1.86. The topological polar surface area (TPSA) is 98.8 Å². The molecule has 0 saturated carbocycles. The summed E-state index contributed by atoms with van der Waals surface area (Å²) in [5, 5.41) is 13.3. The van der Waals surface area contributed by atoms with E-state index < -0.39 is 17.9 Å². The molecule has 2 aromatic rings. The third-order valence-electron chi connectivity index (χ3n) is 4.06. The Morgan fingerprint density at radius 2 is 1.79 bits per heavy atom. The van der Waals surface area contributed by atoms with Gasteiger partial charge in [0, 0.05) is 6.54 Å². The smallest absolute Gasteiger partial charge is 0.329 e. The Balaban J connectivity index is 1.62. The van der Waals surface area contributed by atoms with E-state index in [1.165, 1.54) is 18.2 Å². The van der Waals surface area contributed by atoms with E-state index in [0.29, 0.717) is 5.75 Å². The van der Waals surface area contributed by atoms with Gasteiger partial charge in [0.15, 0.2) is 0 Å². The van der Waals surface area contributed by atoms with Crippen molar-refractivity contribution >= 4 is 24.0 Å². The Kier molecular flexibility index (Phi) is 5.55. The molecule has 0 aromatic heterocycles. The minimum Gasteiger partial charge on any atom is -0.545 e. The lowest BCUT2D eigenvalue weighted by Gasteiger charge is -2.08. The lowest BCUT2D eigenvalue weighted by molar-refractivity contribution is -0.255. The monoisotopic (exact) mass is 377 g/mol. The lowest BCUT2D eigenvalue weighted by atomic mass is 10.1. The maximum Gasteiger partial charge on any atom is 0.329 e. The summed E-state index contributed by atoms with van der Waals surface area (Å²) in [7, 11) is 0. The van der Waals surface area contributed by atoms with Crippen LogP contribution in [0.15, 0.2) is 66.9 Å². The minimum absolute atomic E-state index is 0.112. The van der Waals surface area contributed by atoms with E-state index >= 15 is 0 Å². The minimum atomic E-state index is -1.22. The number of urea groups is 1. The highest BCUT2D eigenvalue weighted by Crippen LogP contribution is 2.18. The van der Waals surface area contributed by atoms with E-state index in [9.17, 15) is 19.5 Å². The summed E-state index contributed by atoms with van der Waals surface area (Å²) < 4.78 is 5.66. The SMILES string of the molecule is C=CCN1C(=O)N/C(=C/c2ccc(OCc3ccc(C(=O)[O-])cc3)cc2)C1=O. The summed E-state index contributed by atoms with van der Waals surface area (Å²) in [6.07, 6.45) is 3.07. The molecule has 0 bridgehead atoms. The number of hydrogen-bond donors (Lipinski definition) is 1. The average molecular weight is 377 g/mol. The van der Waals surface area contributed by atoms with Gasteiger partial charge in [-0.1, -0.05) is 42.5 Å². The Hall–Kier alpha value is -3.87. The molecule has 142 valence electrons. The number of carbonyl (C=O) groups excluding carboxylic acids is 3. The Morgan fingerprint density at radius 3 is 2.39 bits per heavy atom. The van der Waals surface area contributed by atoms with Crippen LogP contribution in [0.3, 0.4) is 0 Å². The number of carboxylic acids is 1. The van der Waals surface area contributed by atoms with Gasteiger partial charge in [-0.05, 0) is 34.9 Å². The standard InChI is InChI=1S/C21H18N2O5/c1-2-11-23-19(24)18(22-21(23)27)12-14-5-9-17(10-6-14)28-13-15-3-7-16(8-4-15)20(25)26/h2-10,12H,1,11,13H2,(H,22,27)(H,25,26)/p-1/b18-12+. The fourth-order valence-electron chi connectivity index (χ4n) is 2.60. The molecule has 0 unspecified atom stereocenters. The van der Waals surface area contributed by atoms with Gasteiger partial charge in [-0.3, -0.25) is 9.69 Å². The van der Waals surface area contributed by atoms with E-state index in [-0.39, 0.29) is 24.4 Å². The van der Waals surface area contributed by atoms with Crippen LogP contribution in [0.25, 0.3) is 6.08 Å². The van der Waals surface area contributed by atoms with Crippen LogP contribution in [0.2, 0.25) is 0 Å². The Bertz CT molecular complexity index is 946. The second kappa shape index (κ2) is 8.22. The molecule has 1 heterocycles. The van der Waals surface area contributed by atoms with Gasteiger partial charge in [-0.25, -0.2) is 4.79 Å². The lowest BCUT2D eigenvalue weighted by Crippen LogP contribution is -2.30. The molecule has 1 aliphatic heterocycles. The highest BCUT2D eigenvalue weighted by atomic mass is 16.5. The largest absolute Gasteiger partial charge is 0.545 e. The molecule has 28 heavy (non-hydrogen) atoms. The van der Waals surface area contributed by atoms with Crippen molar-refractivity contribution < 1.29 is 24.2 Å². The van der Waals surface area contributed by atoms with Crippen LogP contribution in [0, 0.1) is 0 Å². The van der Waals surface area contributed by atoms with Crippen LogP contribution in [-0.4, -0.2) is 29.4 Å². The Morgan fingerprint density at radius 1 is 1.11 bits per heavy atom. The molecule has 3 rings (SSSR count). The van der Waals surface area contributed by atoms with Crippen molar-refractivity contribution in [2.24, 2.45) is 0 Å². The van der Waals surface area contributed by atoms with Crippen molar-refractivity contribution in [1.82, 2.24) is 10.2 Å². The molecular formula is C21H17N2O5-. The van der Waals surface area contributed by atoms with Crippen LogP contribution in [0.5, 0.6) is 5.75 Å². The molecule has 7 nitrogen and oxygen atoms in total. The number of nitrogens with zero attached hydrogens (tertiary/aromatic N) is 1. The van der Waals surface area contributed by atoms with Gasteiger partial charge >= 0.3 is 6.03 Å². The van der Waals surface area contributed by atoms with Crippen molar-refractivity contribution in [3.8, 4) is 5.75 Å². The van der Waals surface area contributed by atoms with Gasteiger partial charge in [-0.2, -0.15) is 0 Å². The zero-order valence-corrected chi connectivity index (χ0v) is 14.9. The number of carboxylic acid groups (broad SMARTS) is 1. The van der Waals surface area contributed by atoms with E-state index in [0.717, 1.165) is 16.0 Å². The van der Waals surface area contributed by atoms with E-state index in [2.05, 4.69) is 11.9 Å². The molecule has 1 saturated heterocycles. The molecule has 0 radical (unpaired) electrons. The fraction of sp³-hybridized carbons (Fsp3) is 0.0952. The number of rotatable bonds is 7. The highest BCUT2D eigenvalue weighted by Gasteiger charge is 2.32. The van der Waals surface area contributed by atoms with Gasteiger partial charge in [0.05, 0.1) is 5.97 Å². The summed E-state index contributed by atoms with van der Waals surface area (Å²) in [6.45, 7) is 3.96. The number of amides is 3. The molecule has 3 amide bonds. The second-order valence-electron chi connectivity index (χ2n) is 6.03. The van der Waals surface area contributed by atoms with Crippen LogP contribution >= 0.6 is 0 Å². The molecular weight excluding hydrogens is 360 g/mol. The zero-order valence-electron chi connectivity index (χ0n) is 14.9. The predicted octanol–water partition coefficient (Wildman–Crippen LogP) is 1.71. The van der Waals surface area contributed by atoms with Gasteiger partial charge < -0.3 is 20.0 Å². The molecule has 7 heteroatoms. The molecule has 0 spiro atoms. The van der Waals surface area contributed by atoms with Crippen LogP contribution in [0.1, 0.15) is 21.5 Å². The van der Waals surface area contributed by atoms with Gasteiger partial charge in [0.1, 0.15) is 18.1 Å². The van der Waals surface area contributed by atoms with Crippen molar-refractivity contribution in [3.05, 3.63) is 83.6 Å². The quantitative estimate of drug-likeness (QED) is 0.450. The third-order valence-corrected chi connectivity index (χ3v) is 4.06. The van der Waals surface area contributed by atoms with Crippen molar-refractivity contribution in [2.45, 2.75) is 6.61 Å². The number of carbonyl (C=O) groups is 3. The number of ether oxygens (including phenoxy) is 1. The third kappa shape index (κ3) is 4.27. The predicted molar refractivity (Wildman–Crippen MR) is 100.0 cm³/mol. The van der Waals surface area contributed by atoms with Crippen LogP contribution in [0.4, 0.5) is 4.79 Å². The van der Waals surface area contributed by atoms with Crippen molar-refractivity contribution in [2.75, 3.05) is 6.54 Å². The van der Waals surface area contributed by atoms with Crippen LogP contribution in [-0.2, 0) is 11.4 Å². The number of nitrogens with one attached hydrogen (secondary N) is 1. The maximum atomic E-state index is 12.2. The normalized spacial score (nSPS) is 14.9. The first-order valence-electron chi connectivity index (χ1n) is 8.46. The molecule has 0 aliphatic carbocycles. The average Bonchev–Trinajstić information content (AvgIpc) is 2.95. The maximum absolute atomic E-state index is 12.2. The van der Waals surface area contributed by atoms with Gasteiger partial charge in [0.25, 0.3) is 5.91 Å². The second-order valence-corrected chi connectivity index (χ2v) is 6.03.